The van der Waals surface area contributed by atoms with Gasteiger partial charge in [-0.1, -0.05) is 37.3 Å². The van der Waals surface area contributed by atoms with Crippen LogP contribution in [0.5, 0.6) is 0 Å². The summed E-state index contributed by atoms with van der Waals surface area (Å²) >= 11 is 0. The Kier molecular flexibility index (Phi) is 4.15. The first-order chi connectivity index (χ1) is 10.3. The van der Waals surface area contributed by atoms with Crippen LogP contribution in [0, 0.1) is 0 Å². The van der Waals surface area contributed by atoms with E-state index in [9.17, 15) is 0 Å². The lowest BCUT2D eigenvalue weighted by Gasteiger charge is -2.24. The molecule has 1 atom stereocenters. The monoisotopic (exact) mass is 282 g/mol. The summed E-state index contributed by atoms with van der Waals surface area (Å²) in [7, 11) is 0. The van der Waals surface area contributed by atoms with E-state index in [0.29, 0.717) is 12.6 Å². The minimum absolute atomic E-state index is 0.386. The molecule has 110 valence electrons. The van der Waals surface area contributed by atoms with Crippen LogP contribution < -0.4 is 10.6 Å². The Balaban J connectivity index is 1.96. The lowest BCUT2D eigenvalue weighted by atomic mass is 10.0. The van der Waals surface area contributed by atoms with E-state index in [-0.39, 0.29) is 0 Å². The first kappa shape index (κ1) is 14.0. The quantitative estimate of drug-likeness (QED) is 0.936. The predicted molar refractivity (Wildman–Crippen MR) is 86.3 cm³/mol. The first-order valence-corrected chi connectivity index (χ1v) is 7.71. The Bertz CT molecular complexity index is 597. The topological polar surface area (TPSA) is 55.0 Å². The van der Waals surface area contributed by atoms with Gasteiger partial charge in [0.05, 0.1) is 5.69 Å². The minimum atomic E-state index is 0.386. The molecule has 1 aromatic carbocycles. The van der Waals surface area contributed by atoms with Gasteiger partial charge >= 0.3 is 0 Å². The molecule has 1 aliphatic rings. The highest BCUT2D eigenvalue weighted by molar-refractivity contribution is 5.65. The molecule has 0 spiro atoms. The fourth-order valence-corrected chi connectivity index (χ4v) is 3.02. The van der Waals surface area contributed by atoms with Crippen molar-refractivity contribution in [3.8, 4) is 11.1 Å². The highest BCUT2D eigenvalue weighted by Gasteiger charge is 2.25. The van der Waals surface area contributed by atoms with Crippen molar-refractivity contribution in [2.75, 3.05) is 18.0 Å². The number of nitrogens with two attached hydrogens (primary N) is 1. The third-order valence-electron chi connectivity index (χ3n) is 4.18. The van der Waals surface area contributed by atoms with E-state index < -0.39 is 0 Å². The smallest absolute Gasteiger partial charge is 0.225 e. The van der Waals surface area contributed by atoms with Crippen LogP contribution in [0.1, 0.15) is 25.5 Å². The largest absolute Gasteiger partial charge is 0.337 e. The normalized spacial score (nSPS) is 18.2. The maximum absolute atomic E-state index is 5.86. The van der Waals surface area contributed by atoms with E-state index in [1.54, 1.807) is 0 Å². The molecule has 0 radical (unpaired) electrons. The second-order valence-corrected chi connectivity index (χ2v) is 5.48. The van der Waals surface area contributed by atoms with Crippen molar-refractivity contribution < 1.29 is 0 Å². The molecule has 4 nitrogen and oxygen atoms in total. The predicted octanol–water partition coefficient (Wildman–Crippen LogP) is 2.63. The van der Waals surface area contributed by atoms with Gasteiger partial charge in [0.2, 0.25) is 5.95 Å². The fraction of sp³-hybridized carbons (Fsp3) is 0.412. The van der Waals surface area contributed by atoms with E-state index in [1.165, 1.54) is 12.0 Å². The van der Waals surface area contributed by atoms with Crippen LogP contribution in [0.2, 0.25) is 0 Å². The third-order valence-corrected chi connectivity index (χ3v) is 4.18. The summed E-state index contributed by atoms with van der Waals surface area (Å²) in [5.41, 5.74) is 9.27. The summed E-state index contributed by atoms with van der Waals surface area (Å²) in [5, 5.41) is 0. The van der Waals surface area contributed by atoms with Crippen molar-refractivity contribution in [3.05, 3.63) is 42.2 Å². The highest BCUT2D eigenvalue weighted by Crippen LogP contribution is 2.26. The Hall–Kier alpha value is -1.94. The zero-order valence-corrected chi connectivity index (χ0v) is 12.5. The van der Waals surface area contributed by atoms with Crippen molar-refractivity contribution >= 4 is 5.95 Å². The van der Waals surface area contributed by atoms with Gasteiger partial charge in [-0.15, -0.1) is 0 Å². The van der Waals surface area contributed by atoms with E-state index in [2.05, 4.69) is 28.9 Å². The molecule has 3 rings (SSSR count). The lowest BCUT2D eigenvalue weighted by Crippen LogP contribution is -2.36. The fourth-order valence-electron chi connectivity index (χ4n) is 3.02. The zero-order chi connectivity index (χ0) is 14.7. The van der Waals surface area contributed by atoms with Crippen LogP contribution in [0.4, 0.5) is 5.95 Å². The number of benzene rings is 1. The van der Waals surface area contributed by atoms with Gasteiger partial charge in [-0.2, -0.15) is 0 Å². The van der Waals surface area contributed by atoms with Gasteiger partial charge in [-0.05, 0) is 24.8 Å². The molecule has 1 aliphatic heterocycles. The van der Waals surface area contributed by atoms with E-state index in [1.807, 2.05) is 24.4 Å². The molecule has 4 heteroatoms. The molecule has 0 amide bonds. The van der Waals surface area contributed by atoms with Crippen molar-refractivity contribution in [1.29, 1.82) is 0 Å². The number of nitrogens with zero attached hydrogens (tertiary/aromatic N) is 3. The molecule has 21 heavy (non-hydrogen) atoms. The summed E-state index contributed by atoms with van der Waals surface area (Å²) in [6, 6.07) is 10.7. The lowest BCUT2D eigenvalue weighted by molar-refractivity contribution is 0.662. The van der Waals surface area contributed by atoms with Gasteiger partial charge in [0.15, 0.2) is 0 Å². The Morgan fingerprint density at radius 2 is 2.10 bits per heavy atom. The molecule has 2 aromatic rings. The Morgan fingerprint density at radius 1 is 1.29 bits per heavy atom. The summed E-state index contributed by atoms with van der Waals surface area (Å²) in [6.45, 7) is 3.82. The van der Waals surface area contributed by atoms with Gasteiger partial charge in [0.25, 0.3) is 0 Å². The van der Waals surface area contributed by atoms with Gasteiger partial charge in [-0.3, -0.25) is 0 Å². The van der Waals surface area contributed by atoms with Crippen LogP contribution >= 0.6 is 0 Å². The van der Waals surface area contributed by atoms with Crippen molar-refractivity contribution in [2.45, 2.75) is 32.2 Å². The second-order valence-electron chi connectivity index (χ2n) is 5.48. The molecule has 1 saturated heterocycles. The number of aromatic nitrogens is 2. The highest BCUT2D eigenvalue weighted by atomic mass is 15.3. The molecular formula is C17H22N4. The van der Waals surface area contributed by atoms with E-state index in [4.69, 9.17) is 10.7 Å². The maximum Gasteiger partial charge on any atom is 0.225 e. The molecule has 2 heterocycles. The zero-order valence-electron chi connectivity index (χ0n) is 12.5. The van der Waals surface area contributed by atoms with Crippen LogP contribution in [0.25, 0.3) is 11.1 Å². The molecule has 1 fully saturated rings. The van der Waals surface area contributed by atoms with Crippen molar-refractivity contribution in [1.82, 2.24) is 9.97 Å². The van der Waals surface area contributed by atoms with Crippen LogP contribution in [-0.4, -0.2) is 29.1 Å². The van der Waals surface area contributed by atoms with Crippen LogP contribution in [0.15, 0.2) is 36.5 Å². The Morgan fingerprint density at radius 3 is 2.81 bits per heavy atom. The van der Waals surface area contributed by atoms with Gasteiger partial charge in [0, 0.05) is 30.9 Å². The SMILES string of the molecule is CCc1nc(N2CCCC2CN)ncc1-c1ccccc1. The number of aryl methyl sites for hydroxylation is 1. The molecule has 0 aliphatic carbocycles. The van der Waals surface area contributed by atoms with Crippen molar-refractivity contribution in [3.63, 3.8) is 0 Å². The van der Waals surface area contributed by atoms with Crippen molar-refractivity contribution in [2.24, 2.45) is 5.73 Å². The van der Waals surface area contributed by atoms with Gasteiger partial charge in [-0.25, -0.2) is 9.97 Å². The number of hydrogen-bond donors (Lipinski definition) is 1. The molecule has 1 aromatic heterocycles. The van der Waals surface area contributed by atoms with Gasteiger partial charge in [0.1, 0.15) is 0 Å². The first-order valence-electron chi connectivity index (χ1n) is 7.71. The molecule has 1 unspecified atom stereocenters. The van der Waals surface area contributed by atoms with E-state index in [0.717, 1.165) is 36.6 Å². The average Bonchev–Trinajstić information content (AvgIpc) is 3.03. The molecule has 2 N–H and O–H groups in total. The van der Waals surface area contributed by atoms with Gasteiger partial charge < -0.3 is 10.6 Å². The maximum atomic E-state index is 5.86. The number of anilines is 1. The minimum Gasteiger partial charge on any atom is -0.337 e. The van der Waals surface area contributed by atoms with Crippen LogP contribution in [0.3, 0.4) is 0 Å². The standard InChI is InChI=1S/C17H22N4/c1-2-16-15(13-7-4-3-5-8-13)12-19-17(20-16)21-10-6-9-14(21)11-18/h3-5,7-8,12,14H,2,6,9-11,18H2,1H3. The third kappa shape index (κ3) is 2.76. The average molecular weight is 282 g/mol. The van der Waals surface area contributed by atoms with E-state index >= 15 is 0 Å². The van der Waals surface area contributed by atoms with Crippen LogP contribution in [-0.2, 0) is 6.42 Å². The summed E-state index contributed by atoms with van der Waals surface area (Å²) in [6.07, 6.45) is 5.18. The Labute approximate surface area is 126 Å². The molecular weight excluding hydrogens is 260 g/mol. The number of rotatable bonds is 4. The summed E-state index contributed by atoms with van der Waals surface area (Å²) < 4.78 is 0. The second kappa shape index (κ2) is 6.22. The summed E-state index contributed by atoms with van der Waals surface area (Å²) in [4.78, 5) is 11.7. The summed E-state index contributed by atoms with van der Waals surface area (Å²) in [5.74, 6) is 0.833. The number of hydrogen-bond acceptors (Lipinski definition) is 4. The molecule has 0 saturated carbocycles. The molecule has 0 bridgehead atoms.